The summed E-state index contributed by atoms with van der Waals surface area (Å²) in [7, 11) is -0.239. The average Bonchev–Trinajstić information content (AvgIpc) is 3.39. The number of benzene rings is 2. The predicted octanol–water partition coefficient (Wildman–Crippen LogP) is 4.80. The second-order valence-corrected chi connectivity index (χ2v) is 10.4. The Morgan fingerprint density at radius 1 is 1.09 bits per heavy atom. The fraction of sp³-hybridized carbons (Fsp3) is 0.480. The molecule has 1 atom stereocenters. The minimum absolute atomic E-state index is 0.0581. The van der Waals surface area contributed by atoms with E-state index in [1.807, 2.05) is 10.9 Å². The zero-order chi connectivity index (χ0) is 22.7. The molecule has 3 heterocycles. The smallest absolute Gasteiger partial charge is 0.403 e. The molecule has 1 aromatic heterocycles. The van der Waals surface area contributed by atoms with Gasteiger partial charge in [0.25, 0.3) is 0 Å². The van der Waals surface area contributed by atoms with Gasteiger partial charge in [-0.2, -0.15) is 5.10 Å². The van der Waals surface area contributed by atoms with Crippen LogP contribution in [0.3, 0.4) is 0 Å². The van der Waals surface area contributed by atoms with E-state index in [1.165, 1.54) is 23.3 Å². The lowest BCUT2D eigenvalue weighted by Crippen LogP contribution is -2.41. The number of hydrogen-bond donors (Lipinski definition) is 1. The Labute approximate surface area is 189 Å². The van der Waals surface area contributed by atoms with Crippen LogP contribution in [0, 0.1) is 12.7 Å². The highest BCUT2D eigenvalue weighted by Gasteiger charge is 2.54. The zero-order valence-corrected chi connectivity index (χ0v) is 19.5. The SMILES string of the molecule is Cc1cc2c(cnn2-c2ccc(F)cc2)cc1C1(CB2OC(C)(C)C(C)(C)O2)CCNC1. The fourth-order valence-corrected chi connectivity index (χ4v) is 5.16. The molecule has 2 aliphatic rings. The van der Waals surface area contributed by atoms with Gasteiger partial charge in [0.15, 0.2) is 0 Å². The number of aryl methyl sites for hydroxylation is 1. The Morgan fingerprint density at radius 3 is 2.41 bits per heavy atom. The lowest BCUT2D eigenvalue weighted by molar-refractivity contribution is 0.00578. The Kier molecular flexibility index (Phi) is 5.00. The van der Waals surface area contributed by atoms with Gasteiger partial charge in [-0.15, -0.1) is 0 Å². The monoisotopic (exact) mass is 435 g/mol. The van der Waals surface area contributed by atoms with Crippen molar-refractivity contribution in [3.05, 3.63) is 59.5 Å². The minimum Gasteiger partial charge on any atom is -0.403 e. The molecule has 7 heteroatoms. The van der Waals surface area contributed by atoms with Crippen molar-refractivity contribution in [3.8, 4) is 5.69 Å². The van der Waals surface area contributed by atoms with Crippen LogP contribution < -0.4 is 5.32 Å². The van der Waals surface area contributed by atoms with Crippen molar-refractivity contribution < 1.29 is 13.7 Å². The Balaban J connectivity index is 1.52. The first-order chi connectivity index (χ1) is 15.1. The van der Waals surface area contributed by atoms with E-state index in [4.69, 9.17) is 9.31 Å². The lowest BCUT2D eigenvalue weighted by Gasteiger charge is -2.32. The molecule has 2 aliphatic heterocycles. The maximum atomic E-state index is 13.4. The van der Waals surface area contributed by atoms with Gasteiger partial charge < -0.3 is 14.6 Å². The molecule has 5 nitrogen and oxygen atoms in total. The highest BCUT2D eigenvalue weighted by molar-refractivity contribution is 6.46. The van der Waals surface area contributed by atoms with E-state index in [0.717, 1.165) is 42.4 Å². The molecule has 1 N–H and O–H groups in total. The first-order valence-corrected chi connectivity index (χ1v) is 11.4. The number of halogens is 1. The molecule has 3 aromatic rings. The van der Waals surface area contributed by atoms with E-state index in [1.54, 1.807) is 12.1 Å². The van der Waals surface area contributed by atoms with Crippen LogP contribution in [-0.2, 0) is 14.7 Å². The molecule has 0 amide bonds. The topological polar surface area (TPSA) is 48.3 Å². The molecule has 2 fully saturated rings. The van der Waals surface area contributed by atoms with Crippen molar-refractivity contribution in [2.75, 3.05) is 13.1 Å². The summed E-state index contributed by atoms with van der Waals surface area (Å²) in [5.41, 5.74) is 3.69. The van der Waals surface area contributed by atoms with E-state index in [2.05, 4.69) is 57.2 Å². The number of nitrogens with zero attached hydrogens (tertiary/aromatic N) is 2. The van der Waals surface area contributed by atoms with Gasteiger partial charge in [-0.25, -0.2) is 9.07 Å². The second kappa shape index (κ2) is 7.40. The number of rotatable bonds is 4. The van der Waals surface area contributed by atoms with Crippen LogP contribution in [0.15, 0.2) is 42.6 Å². The number of aromatic nitrogens is 2. The largest absolute Gasteiger partial charge is 0.458 e. The molecule has 1 unspecified atom stereocenters. The maximum Gasteiger partial charge on any atom is 0.458 e. The van der Waals surface area contributed by atoms with Gasteiger partial charge in [-0.3, -0.25) is 0 Å². The Morgan fingerprint density at radius 2 is 1.78 bits per heavy atom. The summed E-state index contributed by atoms with van der Waals surface area (Å²) in [5, 5.41) is 9.25. The van der Waals surface area contributed by atoms with E-state index >= 15 is 0 Å². The molecule has 5 rings (SSSR count). The third-order valence-electron chi connectivity index (χ3n) is 7.66. The number of fused-ring (bicyclic) bond motifs is 1. The molecule has 168 valence electrons. The zero-order valence-electron chi connectivity index (χ0n) is 19.5. The van der Waals surface area contributed by atoms with Crippen molar-refractivity contribution in [2.24, 2.45) is 0 Å². The highest BCUT2D eigenvalue weighted by atomic mass is 19.1. The molecule has 2 aromatic carbocycles. The van der Waals surface area contributed by atoms with Crippen molar-refractivity contribution >= 4 is 18.0 Å². The van der Waals surface area contributed by atoms with Crippen LogP contribution in [0.5, 0.6) is 0 Å². The van der Waals surface area contributed by atoms with E-state index < -0.39 is 0 Å². The van der Waals surface area contributed by atoms with Crippen LogP contribution in [-0.4, -0.2) is 41.2 Å². The molecule has 0 radical (unpaired) electrons. The number of nitrogens with one attached hydrogen (secondary N) is 1. The Bertz CT molecular complexity index is 1130. The van der Waals surface area contributed by atoms with E-state index in [9.17, 15) is 4.39 Å². The summed E-state index contributed by atoms with van der Waals surface area (Å²) in [6.45, 7) is 12.5. The summed E-state index contributed by atoms with van der Waals surface area (Å²) in [6, 6.07) is 10.9. The predicted molar refractivity (Wildman–Crippen MR) is 126 cm³/mol. The molecule has 0 spiro atoms. The summed E-state index contributed by atoms with van der Waals surface area (Å²) in [6.07, 6.45) is 3.74. The van der Waals surface area contributed by atoms with E-state index in [0.29, 0.717) is 0 Å². The van der Waals surface area contributed by atoms with E-state index in [-0.39, 0.29) is 29.6 Å². The summed E-state index contributed by atoms with van der Waals surface area (Å²) in [4.78, 5) is 0. The standard InChI is InChI=1S/C25H31BFN3O2/c1-17-12-22-18(14-29-30(22)20-8-6-19(27)7-9-20)13-21(17)25(10-11-28-16-25)15-26-31-23(2,3)24(4,5)32-26/h6-9,12-14,28H,10-11,15-16H2,1-5H3. The van der Waals surface area contributed by atoms with Gasteiger partial charge in [0, 0.05) is 17.3 Å². The van der Waals surface area contributed by atoms with Crippen molar-refractivity contribution in [1.82, 2.24) is 15.1 Å². The molecule has 0 saturated carbocycles. The quantitative estimate of drug-likeness (QED) is 0.599. The third-order valence-corrected chi connectivity index (χ3v) is 7.66. The van der Waals surface area contributed by atoms with Gasteiger partial charge >= 0.3 is 7.12 Å². The summed E-state index contributed by atoms with van der Waals surface area (Å²) >= 11 is 0. The first kappa shape index (κ1) is 21.6. The molecule has 0 aliphatic carbocycles. The van der Waals surface area contributed by atoms with Crippen LogP contribution in [0.4, 0.5) is 4.39 Å². The third kappa shape index (κ3) is 3.47. The normalized spacial score (nSPS) is 24.5. The average molecular weight is 435 g/mol. The first-order valence-electron chi connectivity index (χ1n) is 11.4. The molecule has 32 heavy (non-hydrogen) atoms. The molecule has 2 saturated heterocycles. The molecular weight excluding hydrogens is 404 g/mol. The number of hydrogen-bond acceptors (Lipinski definition) is 4. The van der Waals surface area contributed by atoms with Crippen molar-refractivity contribution in [2.45, 2.75) is 64.0 Å². The van der Waals surface area contributed by atoms with Gasteiger partial charge in [0.05, 0.1) is 28.6 Å². The van der Waals surface area contributed by atoms with Gasteiger partial charge in [0.2, 0.25) is 0 Å². The molecular formula is C25H31BFN3O2. The van der Waals surface area contributed by atoms with Crippen LogP contribution in [0.25, 0.3) is 16.6 Å². The summed E-state index contributed by atoms with van der Waals surface area (Å²) < 4.78 is 28.0. The fourth-order valence-electron chi connectivity index (χ4n) is 5.16. The van der Waals surface area contributed by atoms with Crippen LogP contribution >= 0.6 is 0 Å². The molecule has 0 bridgehead atoms. The summed E-state index contributed by atoms with van der Waals surface area (Å²) in [5.74, 6) is -0.248. The van der Waals surface area contributed by atoms with Gasteiger partial charge in [0.1, 0.15) is 5.82 Å². The van der Waals surface area contributed by atoms with Crippen LogP contribution in [0.2, 0.25) is 6.32 Å². The Hall–Kier alpha value is -2.22. The minimum atomic E-state index is -0.333. The second-order valence-electron chi connectivity index (χ2n) is 10.4. The van der Waals surface area contributed by atoms with Crippen molar-refractivity contribution in [3.63, 3.8) is 0 Å². The highest BCUT2D eigenvalue weighted by Crippen LogP contribution is 2.45. The maximum absolute atomic E-state index is 13.4. The van der Waals surface area contributed by atoms with Crippen molar-refractivity contribution in [1.29, 1.82) is 0 Å². The van der Waals surface area contributed by atoms with Crippen LogP contribution in [0.1, 0.15) is 45.2 Å². The van der Waals surface area contributed by atoms with Gasteiger partial charge in [-0.05, 0) is 101 Å². The van der Waals surface area contributed by atoms with Gasteiger partial charge in [-0.1, -0.05) is 0 Å². The lowest BCUT2D eigenvalue weighted by atomic mass is 9.63.